The lowest BCUT2D eigenvalue weighted by atomic mass is 10.1. The van der Waals surface area contributed by atoms with E-state index in [9.17, 15) is 4.79 Å². The van der Waals surface area contributed by atoms with Crippen LogP contribution in [0.1, 0.15) is 28.1 Å². The third-order valence-corrected chi connectivity index (χ3v) is 5.26. The molecule has 1 saturated heterocycles. The topological polar surface area (TPSA) is 72.3 Å². The van der Waals surface area contributed by atoms with Gasteiger partial charge in [-0.05, 0) is 25.8 Å². The number of carbonyl (C=O) groups is 1. The van der Waals surface area contributed by atoms with Gasteiger partial charge < -0.3 is 15.0 Å². The average Bonchev–Trinajstić information content (AvgIpc) is 3.19. The monoisotopic (exact) mass is 349 g/mol. The van der Waals surface area contributed by atoms with E-state index >= 15 is 0 Å². The number of morpholine rings is 1. The maximum Gasteiger partial charge on any atom is 0.317 e. The van der Waals surface area contributed by atoms with Crippen molar-refractivity contribution in [2.45, 2.75) is 26.4 Å². The van der Waals surface area contributed by atoms with Crippen LogP contribution in [0.5, 0.6) is 0 Å². The first kappa shape index (κ1) is 16.9. The Labute approximate surface area is 145 Å². The van der Waals surface area contributed by atoms with Gasteiger partial charge in [0.05, 0.1) is 18.8 Å². The van der Waals surface area contributed by atoms with Crippen molar-refractivity contribution in [2.75, 3.05) is 26.2 Å². The predicted molar refractivity (Wildman–Crippen MR) is 92.2 cm³/mol. The van der Waals surface area contributed by atoms with Gasteiger partial charge in [-0.25, -0.2) is 9.78 Å². The molecule has 24 heavy (non-hydrogen) atoms. The number of rotatable bonds is 4. The summed E-state index contributed by atoms with van der Waals surface area (Å²) in [5.74, 6) is 0. The zero-order valence-corrected chi connectivity index (χ0v) is 15.1. The highest BCUT2D eigenvalue weighted by molar-refractivity contribution is 7.09. The number of aromatic nitrogens is 3. The van der Waals surface area contributed by atoms with Crippen LogP contribution in [-0.4, -0.2) is 51.9 Å². The SMILES string of the molecule is Cc1nn(C)c(C)c1CCNC(=O)N1CCO[C@@H](c2nccs2)C1. The van der Waals surface area contributed by atoms with Crippen LogP contribution in [0.25, 0.3) is 0 Å². The Kier molecular flexibility index (Phi) is 5.15. The number of amides is 2. The molecule has 130 valence electrons. The first-order valence-electron chi connectivity index (χ1n) is 8.09. The average molecular weight is 349 g/mol. The van der Waals surface area contributed by atoms with Crippen molar-refractivity contribution < 1.29 is 9.53 Å². The molecule has 1 aliphatic rings. The molecule has 1 fully saturated rings. The summed E-state index contributed by atoms with van der Waals surface area (Å²) in [5.41, 5.74) is 3.39. The van der Waals surface area contributed by atoms with Crippen LogP contribution in [0.2, 0.25) is 0 Å². The highest BCUT2D eigenvalue weighted by Crippen LogP contribution is 2.23. The minimum absolute atomic E-state index is 0.0425. The van der Waals surface area contributed by atoms with E-state index in [0.717, 1.165) is 22.8 Å². The van der Waals surface area contributed by atoms with Crippen LogP contribution in [0, 0.1) is 13.8 Å². The van der Waals surface area contributed by atoms with Gasteiger partial charge in [0.25, 0.3) is 0 Å². The summed E-state index contributed by atoms with van der Waals surface area (Å²) in [6.07, 6.45) is 2.44. The number of ether oxygens (including phenoxy) is 1. The lowest BCUT2D eigenvalue weighted by Gasteiger charge is -2.32. The van der Waals surface area contributed by atoms with Crippen LogP contribution in [0.15, 0.2) is 11.6 Å². The molecular weight excluding hydrogens is 326 g/mol. The van der Waals surface area contributed by atoms with Crippen LogP contribution in [0.4, 0.5) is 4.79 Å². The second-order valence-electron chi connectivity index (χ2n) is 5.93. The van der Waals surface area contributed by atoms with Gasteiger partial charge in [-0.1, -0.05) is 0 Å². The summed E-state index contributed by atoms with van der Waals surface area (Å²) in [6, 6.07) is -0.0425. The Hall–Kier alpha value is -1.93. The van der Waals surface area contributed by atoms with E-state index in [4.69, 9.17) is 4.74 Å². The fraction of sp³-hybridized carbons (Fsp3) is 0.562. The molecule has 1 aliphatic heterocycles. The van der Waals surface area contributed by atoms with Crippen molar-refractivity contribution in [3.63, 3.8) is 0 Å². The number of nitrogens with one attached hydrogen (secondary N) is 1. The van der Waals surface area contributed by atoms with Gasteiger partial charge in [-0.3, -0.25) is 4.68 Å². The molecule has 0 unspecified atom stereocenters. The van der Waals surface area contributed by atoms with Gasteiger partial charge >= 0.3 is 6.03 Å². The molecule has 8 heteroatoms. The lowest BCUT2D eigenvalue weighted by Crippen LogP contribution is -2.47. The summed E-state index contributed by atoms with van der Waals surface area (Å²) in [5, 5.41) is 10.3. The maximum absolute atomic E-state index is 12.4. The number of nitrogens with zero attached hydrogens (tertiary/aromatic N) is 4. The van der Waals surface area contributed by atoms with Gasteiger partial charge in [0.1, 0.15) is 11.1 Å². The molecule has 1 atom stereocenters. The molecule has 2 aromatic rings. The molecule has 0 aromatic carbocycles. The van der Waals surface area contributed by atoms with E-state index in [1.165, 1.54) is 5.56 Å². The number of hydrogen-bond acceptors (Lipinski definition) is 5. The zero-order chi connectivity index (χ0) is 17.1. The van der Waals surface area contributed by atoms with Crippen molar-refractivity contribution in [3.8, 4) is 0 Å². The van der Waals surface area contributed by atoms with Crippen LogP contribution >= 0.6 is 11.3 Å². The van der Waals surface area contributed by atoms with Crippen molar-refractivity contribution >= 4 is 17.4 Å². The van der Waals surface area contributed by atoms with E-state index in [1.807, 2.05) is 24.0 Å². The Bertz CT molecular complexity index is 698. The second-order valence-corrected chi connectivity index (χ2v) is 6.86. The van der Waals surface area contributed by atoms with Crippen molar-refractivity contribution in [1.29, 1.82) is 0 Å². The fourth-order valence-electron chi connectivity index (χ4n) is 2.96. The van der Waals surface area contributed by atoms with Crippen molar-refractivity contribution in [3.05, 3.63) is 33.5 Å². The molecule has 3 rings (SSSR count). The molecule has 0 aliphatic carbocycles. The summed E-state index contributed by atoms with van der Waals surface area (Å²) in [6.45, 7) is 6.36. The molecule has 1 N–H and O–H groups in total. The highest BCUT2D eigenvalue weighted by Gasteiger charge is 2.26. The number of hydrogen-bond donors (Lipinski definition) is 1. The molecule has 2 amide bonds. The minimum Gasteiger partial charge on any atom is -0.367 e. The molecule has 2 aromatic heterocycles. The zero-order valence-electron chi connectivity index (χ0n) is 14.3. The van der Waals surface area contributed by atoms with E-state index in [-0.39, 0.29) is 12.1 Å². The molecule has 0 saturated carbocycles. The third kappa shape index (κ3) is 3.59. The number of aryl methyl sites for hydroxylation is 2. The molecule has 0 spiro atoms. The van der Waals surface area contributed by atoms with E-state index in [1.54, 1.807) is 22.4 Å². The van der Waals surface area contributed by atoms with Gasteiger partial charge in [0.15, 0.2) is 0 Å². The van der Waals surface area contributed by atoms with Gasteiger partial charge in [-0.15, -0.1) is 11.3 Å². The smallest absolute Gasteiger partial charge is 0.317 e. The van der Waals surface area contributed by atoms with Crippen LogP contribution < -0.4 is 5.32 Å². The van der Waals surface area contributed by atoms with E-state index in [0.29, 0.717) is 26.2 Å². The maximum atomic E-state index is 12.4. The number of carbonyl (C=O) groups excluding carboxylic acids is 1. The van der Waals surface area contributed by atoms with Crippen molar-refractivity contribution in [2.24, 2.45) is 7.05 Å². The number of urea groups is 1. The van der Waals surface area contributed by atoms with E-state index in [2.05, 4.69) is 22.3 Å². The summed E-state index contributed by atoms with van der Waals surface area (Å²) in [7, 11) is 1.94. The Morgan fingerprint density at radius 3 is 3.00 bits per heavy atom. The molecule has 0 bridgehead atoms. The summed E-state index contributed by atoms with van der Waals surface area (Å²) >= 11 is 1.56. The Morgan fingerprint density at radius 2 is 2.33 bits per heavy atom. The Balaban J connectivity index is 1.51. The minimum atomic E-state index is -0.118. The number of thiazole rings is 1. The third-order valence-electron chi connectivity index (χ3n) is 4.39. The first-order valence-corrected chi connectivity index (χ1v) is 8.97. The summed E-state index contributed by atoms with van der Waals surface area (Å²) in [4.78, 5) is 18.5. The fourth-order valence-corrected chi connectivity index (χ4v) is 3.64. The lowest BCUT2D eigenvalue weighted by molar-refractivity contribution is -0.0154. The molecule has 3 heterocycles. The molecular formula is C16H23N5O2S. The van der Waals surface area contributed by atoms with Gasteiger partial charge in [0.2, 0.25) is 0 Å². The Morgan fingerprint density at radius 1 is 1.50 bits per heavy atom. The summed E-state index contributed by atoms with van der Waals surface area (Å²) < 4.78 is 7.61. The standard InChI is InChI=1S/C16H23N5O2S/c1-11-13(12(2)20(3)19-11)4-5-18-16(22)21-7-8-23-14(10-21)15-17-6-9-24-15/h6,9,14H,4-5,7-8,10H2,1-3H3,(H,18,22)/t14-/m1/s1. The van der Waals surface area contributed by atoms with Gasteiger partial charge in [-0.2, -0.15) is 5.10 Å². The van der Waals surface area contributed by atoms with E-state index < -0.39 is 0 Å². The van der Waals surface area contributed by atoms with Crippen LogP contribution in [-0.2, 0) is 18.2 Å². The normalized spacial score (nSPS) is 18.0. The van der Waals surface area contributed by atoms with Gasteiger partial charge in [0, 0.05) is 37.4 Å². The largest absolute Gasteiger partial charge is 0.367 e. The molecule has 7 nitrogen and oxygen atoms in total. The molecule has 0 radical (unpaired) electrons. The predicted octanol–water partition coefficient (Wildman–Crippen LogP) is 1.82. The first-order chi connectivity index (χ1) is 11.6. The highest BCUT2D eigenvalue weighted by atomic mass is 32.1. The van der Waals surface area contributed by atoms with Crippen LogP contribution in [0.3, 0.4) is 0 Å². The van der Waals surface area contributed by atoms with Crippen molar-refractivity contribution in [1.82, 2.24) is 25.0 Å². The second kappa shape index (κ2) is 7.31. The quantitative estimate of drug-likeness (QED) is 0.914.